The van der Waals surface area contributed by atoms with E-state index >= 15 is 0 Å². The second-order valence-electron chi connectivity index (χ2n) is 3.74. The second kappa shape index (κ2) is 5.73. The number of likely N-dealkylation sites (N-methyl/N-ethyl adjacent to an activating group) is 1. The van der Waals surface area contributed by atoms with Crippen LogP contribution >= 0.6 is 0 Å². The number of aliphatic hydroxyl groups excluding tert-OH is 1. The van der Waals surface area contributed by atoms with Crippen molar-refractivity contribution in [3.8, 4) is 11.8 Å². The summed E-state index contributed by atoms with van der Waals surface area (Å²) in [4.78, 5) is 13.0. The van der Waals surface area contributed by atoms with Crippen LogP contribution in [0.4, 0.5) is 0 Å². The molecule has 0 heterocycles. The van der Waals surface area contributed by atoms with Gasteiger partial charge in [0.1, 0.15) is 17.6 Å². The van der Waals surface area contributed by atoms with Gasteiger partial charge in [-0.05, 0) is 12.1 Å². The Morgan fingerprint density at radius 1 is 1.39 bits per heavy atom. The lowest BCUT2D eigenvalue weighted by Gasteiger charge is -2.12. The summed E-state index contributed by atoms with van der Waals surface area (Å²) in [5.41, 5.74) is -0.00347. The number of amides is 1. The van der Waals surface area contributed by atoms with Crippen molar-refractivity contribution in [2.45, 2.75) is 0 Å². The first-order valence-electron chi connectivity index (χ1n) is 5.21. The molecule has 1 N–H and O–H groups in total. The smallest absolute Gasteiger partial charge is 0.267 e. The van der Waals surface area contributed by atoms with E-state index in [1.54, 1.807) is 30.3 Å². The first-order chi connectivity index (χ1) is 8.52. The number of hydrogen-bond acceptors (Lipinski definition) is 4. The molecule has 0 atom stereocenters. The van der Waals surface area contributed by atoms with Gasteiger partial charge in [-0.3, -0.25) is 4.79 Å². The largest absolute Gasteiger partial charge is 0.506 e. The molecule has 1 aromatic carbocycles. The van der Waals surface area contributed by atoms with E-state index in [2.05, 4.69) is 0 Å². The monoisotopic (exact) mass is 246 g/mol. The number of nitriles is 1. The van der Waals surface area contributed by atoms with Gasteiger partial charge in [0.2, 0.25) is 0 Å². The third-order valence-corrected chi connectivity index (χ3v) is 2.33. The van der Waals surface area contributed by atoms with Crippen LogP contribution in [-0.2, 0) is 4.79 Å². The maximum Gasteiger partial charge on any atom is 0.267 e. The number of nitrogens with zero attached hydrogens (tertiary/aromatic N) is 2. The van der Waals surface area contributed by atoms with Gasteiger partial charge < -0.3 is 14.7 Å². The molecule has 0 fully saturated rings. The predicted molar refractivity (Wildman–Crippen MR) is 66.8 cm³/mol. The van der Waals surface area contributed by atoms with Gasteiger partial charge in [0.25, 0.3) is 5.91 Å². The number of ether oxygens (including phenoxy) is 1. The quantitative estimate of drug-likeness (QED) is 0.499. The minimum Gasteiger partial charge on any atom is -0.506 e. The Morgan fingerprint density at radius 2 is 2.00 bits per heavy atom. The molecule has 18 heavy (non-hydrogen) atoms. The van der Waals surface area contributed by atoms with Crippen molar-refractivity contribution in [2.24, 2.45) is 0 Å². The lowest BCUT2D eigenvalue weighted by Crippen LogP contribution is -2.23. The van der Waals surface area contributed by atoms with Crippen molar-refractivity contribution in [1.82, 2.24) is 4.90 Å². The zero-order valence-corrected chi connectivity index (χ0v) is 10.5. The molecule has 1 rings (SSSR count). The molecule has 0 saturated heterocycles. The van der Waals surface area contributed by atoms with E-state index in [0.29, 0.717) is 11.3 Å². The molecule has 1 amide bonds. The predicted octanol–water partition coefficient (Wildman–Crippen LogP) is 1.58. The van der Waals surface area contributed by atoms with Crippen LogP contribution in [0.25, 0.3) is 5.76 Å². The van der Waals surface area contributed by atoms with Crippen LogP contribution in [0.3, 0.4) is 0 Å². The molecule has 94 valence electrons. The molecule has 0 saturated carbocycles. The highest BCUT2D eigenvalue weighted by molar-refractivity contribution is 6.03. The molecule has 0 unspecified atom stereocenters. The minimum atomic E-state index is -0.555. The minimum absolute atomic E-state index is 0.312. The summed E-state index contributed by atoms with van der Waals surface area (Å²) >= 11 is 0. The van der Waals surface area contributed by atoms with Gasteiger partial charge in [-0.15, -0.1) is 0 Å². The SMILES string of the molecule is COc1ccccc1/C(O)=C(\C#N)C(=O)N(C)C. The summed E-state index contributed by atoms with van der Waals surface area (Å²) in [5.74, 6) is -0.538. The normalized spacial score (nSPS) is 11.2. The fraction of sp³-hybridized carbons (Fsp3) is 0.231. The van der Waals surface area contributed by atoms with Crippen LogP contribution < -0.4 is 4.74 Å². The van der Waals surface area contributed by atoms with Gasteiger partial charge in [-0.2, -0.15) is 5.26 Å². The molecule has 5 nitrogen and oxygen atoms in total. The van der Waals surface area contributed by atoms with Crippen LogP contribution in [-0.4, -0.2) is 37.1 Å². The van der Waals surface area contributed by atoms with Crippen LogP contribution in [0.5, 0.6) is 5.75 Å². The maximum absolute atomic E-state index is 11.7. The Morgan fingerprint density at radius 3 is 2.50 bits per heavy atom. The Hall–Kier alpha value is -2.48. The van der Waals surface area contributed by atoms with Crippen molar-refractivity contribution < 1.29 is 14.6 Å². The van der Waals surface area contributed by atoms with Gasteiger partial charge in [0.05, 0.1) is 12.7 Å². The Bertz CT molecular complexity index is 527. The van der Waals surface area contributed by atoms with E-state index in [0.717, 1.165) is 0 Å². The van der Waals surface area contributed by atoms with Crippen LogP contribution in [0.1, 0.15) is 5.56 Å². The molecule has 0 aliphatic rings. The number of carbonyl (C=O) groups is 1. The summed E-state index contributed by atoms with van der Waals surface area (Å²) in [6.07, 6.45) is 0. The maximum atomic E-state index is 11.7. The lowest BCUT2D eigenvalue weighted by molar-refractivity contribution is -0.124. The first kappa shape index (κ1) is 13.6. The summed E-state index contributed by atoms with van der Waals surface area (Å²) < 4.78 is 5.07. The molecule has 0 radical (unpaired) electrons. The summed E-state index contributed by atoms with van der Waals surface area (Å²) in [6, 6.07) is 8.35. The Balaban J connectivity index is 3.37. The highest BCUT2D eigenvalue weighted by atomic mass is 16.5. The molecular formula is C13H14N2O3. The molecule has 0 spiro atoms. The lowest BCUT2D eigenvalue weighted by atomic mass is 10.1. The fourth-order valence-electron chi connectivity index (χ4n) is 1.40. The topological polar surface area (TPSA) is 73.6 Å². The van der Waals surface area contributed by atoms with Crippen LogP contribution in [0.2, 0.25) is 0 Å². The third kappa shape index (κ3) is 2.61. The molecule has 0 aliphatic heterocycles. The molecule has 1 aromatic rings. The summed E-state index contributed by atoms with van der Waals surface area (Å²) in [7, 11) is 4.47. The van der Waals surface area contributed by atoms with E-state index in [1.807, 2.05) is 0 Å². The van der Waals surface area contributed by atoms with Crippen molar-refractivity contribution in [3.63, 3.8) is 0 Å². The average Bonchev–Trinajstić information content (AvgIpc) is 2.39. The number of carbonyl (C=O) groups excluding carboxylic acids is 1. The van der Waals surface area contributed by atoms with E-state index < -0.39 is 5.91 Å². The van der Waals surface area contributed by atoms with Crippen molar-refractivity contribution in [2.75, 3.05) is 21.2 Å². The van der Waals surface area contributed by atoms with Gasteiger partial charge >= 0.3 is 0 Å². The van der Waals surface area contributed by atoms with E-state index in [4.69, 9.17) is 10.00 Å². The summed E-state index contributed by atoms with van der Waals surface area (Å²) in [6.45, 7) is 0. The molecule has 5 heteroatoms. The Kier molecular flexibility index (Phi) is 4.33. The van der Waals surface area contributed by atoms with Crippen molar-refractivity contribution >= 4 is 11.7 Å². The number of benzene rings is 1. The number of aliphatic hydroxyl groups is 1. The summed E-state index contributed by atoms with van der Waals surface area (Å²) in [5, 5.41) is 19.0. The standard InChI is InChI=1S/C13H14N2O3/c1-15(2)13(17)10(8-14)12(16)9-6-4-5-7-11(9)18-3/h4-7,16H,1-3H3/b12-10-. The highest BCUT2D eigenvalue weighted by Gasteiger charge is 2.20. The zero-order chi connectivity index (χ0) is 13.7. The van der Waals surface area contributed by atoms with E-state index in [-0.39, 0.29) is 11.3 Å². The fourth-order valence-corrected chi connectivity index (χ4v) is 1.40. The highest BCUT2D eigenvalue weighted by Crippen LogP contribution is 2.26. The second-order valence-corrected chi connectivity index (χ2v) is 3.74. The molecular weight excluding hydrogens is 232 g/mol. The van der Waals surface area contributed by atoms with Crippen LogP contribution in [0.15, 0.2) is 29.8 Å². The van der Waals surface area contributed by atoms with Crippen LogP contribution in [0, 0.1) is 11.3 Å². The van der Waals surface area contributed by atoms with Gasteiger partial charge in [-0.25, -0.2) is 0 Å². The number of rotatable bonds is 3. The number of hydrogen-bond donors (Lipinski definition) is 1. The van der Waals surface area contributed by atoms with Crippen molar-refractivity contribution in [3.05, 3.63) is 35.4 Å². The molecule has 0 bridgehead atoms. The number of methoxy groups -OCH3 is 1. The first-order valence-corrected chi connectivity index (χ1v) is 5.21. The van der Waals surface area contributed by atoms with E-state index in [1.165, 1.54) is 26.1 Å². The van der Waals surface area contributed by atoms with Gasteiger partial charge in [-0.1, -0.05) is 12.1 Å². The third-order valence-electron chi connectivity index (χ3n) is 2.33. The zero-order valence-electron chi connectivity index (χ0n) is 10.5. The van der Waals surface area contributed by atoms with Gasteiger partial charge in [0.15, 0.2) is 5.57 Å². The molecule has 0 aromatic heterocycles. The van der Waals surface area contributed by atoms with Gasteiger partial charge in [0, 0.05) is 14.1 Å². The Labute approximate surface area is 106 Å². The number of para-hydroxylation sites is 1. The van der Waals surface area contributed by atoms with Crippen molar-refractivity contribution in [1.29, 1.82) is 5.26 Å². The van der Waals surface area contributed by atoms with E-state index in [9.17, 15) is 9.90 Å². The molecule has 0 aliphatic carbocycles. The average molecular weight is 246 g/mol.